The molecule has 1 atom stereocenters. The van der Waals surface area contributed by atoms with Crippen LogP contribution in [0.2, 0.25) is 0 Å². The van der Waals surface area contributed by atoms with Crippen molar-refractivity contribution in [1.82, 2.24) is 0 Å². The number of carbonyl (C=O) groups is 1. The maximum atomic E-state index is 12.3. The lowest BCUT2D eigenvalue weighted by Crippen LogP contribution is -2.14. The topological polar surface area (TPSA) is 46.5 Å². The number of phenolic OH excluding ortho intramolecular Hbond substituents is 1. The Morgan fingerprint density at radius 1 is 1.40 bits per heavy atom. The number of rotatable bonds is 6. The highest BCUT2D eigenvalue weighted by atomic mass is 19.4. The number of hydrogen-bond acceptors (Lipinski definition) is 3. The fourth-order valence-corrected chi connectivity index (χ4v) is 1.92. The smallest absolute Gasteiger partial charge is 0.389 e. The van der Waals surface area contributed by atoms with Gasteiger partial charge in [-0.1, -0.05) is 12.1 Å². The summed E-state index contributed by atoms with van der Waals surface area (Å²) in [6, 6.07) is 5.94. The molecular formula is C14H17F3O3. The number of phenols is 1. The highest BCUT2D eigenvalue weighted by Gasteiger charge is 2.29. The molecule has 0 radical (unpaired) electrons. The zero-order valence-corrected chi connectivity index (χ0v) is 11.1. The van der Waals surface area contributed by atoms with E-state index in [9.17, 15) is 23.1 Å². The monoisotopic (exact) mass is 290 g/mol. The van der Waals surface area contributed by atoms with E-state index in [0.717, 1.165) is 0 Å². The van der Waals surface area contributed by atoms with Gasteiger partial charge in [0.25, 0.3) is 0 Å². The van der Waals surface area contributed by atoms with E-state index >= 15 is 0 Å². The second kappa shape index (κ2) is 7.17. The molecule has 6 heteroatoms. The van der Waals surface area contributed by atoms with Gasteiger partial charge in [0.1, 0.15) is 5.75 Å². The SMILES string of the molecule is CCOC(=O)C[C@H](CCC(F)(F)F)c1cccc(O)c1. The number of benzene rings is 1. The van der Waals surface area contributed by atoms with Gasteiger partial charge >= 0.3 is 12.1 Å². The van der Waals surface area contributed by atoms with Crippen LogP contribution in [0.4, 0.5) is 13.2 Å². The van der Waals surface area contributed by atoms with Gasteiger partial charge in [0, 0.05) is 6.42 Å². The van der Waals surface area contributed by atoms with Crippen molar-refractivity contribution in [2.24, 2.45) is 0 Å². The minimum atomic E-state index is -4.27. The van der Waals surface area contributed by atoms with Gasteiger partial charge in [0.15, 0.2) is 0 Å². The van der Waals surface area contributed by atoms with Crippen LogP contribution in [0.25, 0.3) is 0 Å². The zero-order valence-electron chi connectivity index (χ0n) is 11.1. The number of ether oxygens (including phenoxy) is 1. The first-order valence-corrected chi connectivity index (χ1v) is 6.33. The zero-order chi connectivity index (χ0) is 15.2. The Hall–Kier alpha value is -1.72. The maximum Gasteiger partial charge on any atom is 0.389 e. The van der Waals surface area contributed by atoms with Crippen LogP contribution >= 0.6 is 0 Å². The molecule has 0 aliphatic rings. The van der Waals surface area contributed by atoms with Crippen molar-refractivity contribution in [2.45, 2.75) is 38.3 Å². The molecule has 1 rings (SSSR count). The van der Waals surface area contributed by atoms with Crippen LogP contribution in [0.1, 0.15) is 37.7 Å². The summed E-state index contributed by atoms with van der Waals surface area (Å²) in [5.74, 6) is -1.20. The third-order valence-electron chi connectivity index (χ3n) is 2.84. The molecule has 0 spiro atoms. The molecule has 3 nitrogen and oxygen atoms in total. The Labute approximate surface area is 115 Å². The molecule has 0 aliphatic heterocycles. The molecule has 20 heavy (non-hydrogen) atoms. The van der Waals surface area contributed by atoms with Crippen molar-refractivity contribution in [3.05, 3.63) is 29.8 Å². The fourth-order valence-electron chi connectivity index (χ4n) is 1.92. The first-order valence-electron chi connectivity index (χ1n) is 6.33. The summed E-state index contributed by atoms with van der Waals surface area (Å²) >= 11 is 0. The van der Waals surface area contributed by atoms with Gasteiger partial charge in [-0.2, -0.15) is 13.2 Å². The average molecular weight is 290 g/mol. The van der Waals surface area contributed by atoms with Crippen molar-refractivity contribution < 1.29 is 27.8 Å². The molecular weight excluding hydrogens is 273 g/mol. The Bertz CT molecular complexity index is 444. The highest BCUT2D eigenvalue weighted by Crippen LogP contribution is 2.32. The van der Waals surface area contributed by atoms with Crippen LogP contribution in [-0.2, 0) is 9.53 Å². The van der Waals surface area contributed by atoms with Crippen LogP contribution in [-0.4, -0.2) is 23.9 Å². The van der Waals surface area contributed by atoms with Gasteiger partial charge in [-0.15, -0.1) is 0 Å². The number of hydrogen-bond donors (Lipinski definition) is 1. The van der Waals surface area contributed by atoms with Crippen molar-refractivity contribution in [1.29, 1.82) is 0 Å². The molecule has 0 bridgehead atoms. The molecule has 1 aromatic rings. The van der Waals surface area contributed by atoms with Crippen LogP contribution in [0.15, 0.2) is 24.3 Å². The summed E-state index contributed by atoms with van der Waals surface area (Å²) in [5, 5.41) is 9.39. The van der Waals surface area contributed by atoms with E-state index in [2.05, 4.69) is 0 Å². The molecule has 1 aromatic carbocycles. The van der Waals surface area contributed by atoms with E-state index < -0.39 is 24.5 Å². The Balaban J connectivity index is 2.80. The van der Waals surface area contributed by atoms with E-state index in [1.54, 1.807) is 13.0 Å². The van der Waals surface area contributed by atoms with Gasteiger partial charge in [-0.3, -0.25) is 4.79 Å². The van der Waals surface area contributed by atoms with Crippen LogP contribution in [0, 0.1) is 0 Å². The lowest BCUT2D eigenvalue weighted by Gasteiger charge is -2.17. The maximum absolute atomic E-state index is 12.3. The fraction of sp³-hybridized carbons (Fsp3) is 0.500. The normalized spacial score (nSPS) is 13.0. The van der Waals surface area contributed by atoms with E-state index in [4.69, 9.17) is 4.74 Å². The standard InChI is InChI=1S/C14H17F3O3/c1-2-20-13(19)9-11(6-7-14(15,16)17)10-4-3-5-12(18)8-10/h3-5,8,11,18H,2,6-7,9H2,1H3/t11-/m0/s1. The Morgan fingerprint density at radius 3 is 2.65 bits per heavy atom. The van der Waals surface area contributed by atoms with Crippen LogP contribution in [0.3, 0.4) is 0 Å². The van der Waals surface area contributed by atoms with Crippen molar-refractivity contribution in [3.8, 4) is 5.75 Å². The predicted octanol–water partition coefficient (Wildman–Crippen LogP) is 3.77. The first kappa shape index (κ1) is 16.3. The van der Waals surface area contributed by atoms with Gasteiger partial charge in [0.2, 0.25) is 0 Å². The van der Waals surface area contributed by atoms with Gasteiger partial charge in [-0.05, 0) is 37.0 Å². The summed E-state index contributed by atoms with van der Waals surface area (Å²) in [7, 11) is 0. The second-order valence-corrected chi connectivity index (χ2v) is 4.45. The van der Waals surface area contributed by atoms with E-state index in [1.165, 1.54) is 18.2 Å². The number of esters is 1. The van der Waals surface area contributed by atoms with Crippen molar-refractivity contribution >= 4 is 5.97 Å². The lowest BCUT2D eigenvalue weighted by molar-refractivity contribution is -0.146. The molecule has 0 aliphatic carbocycles. The lowest BCUT2D eigenvalue weighted by atomic mass is 9.91. The largest absolute Gasteiger partial charge is 0.508 e. The molecule has 112 valence electrons. The average Bonchev–Trinajstić information content (AvgIpc) is 2.33. The van der Waals surface area contributed by atoms with Gasteiger partial charge in [-0.25, -0.2) is 0 Å². The number of alkyl halides is 3. The quantitative estimate of drug-likeness (QED) is 0.811. The summed E-state index contributed by atoms with van der Waals surface area (Å²) in [6.07, 6.45) is -5.60. The van der Waals surface area contributed by atoms with Crippen LogP contribution < -0.4 is 0 Å². The number of aromatic hydroxyl groups is 1. The molecule has 0 fully saturated rings. The Kier molecular flexibility index (Phi) is 5.85. The molecule has 0 saturated heterocycles. The summed E-state index contributed by atoms with van der Waals surface area (Å²) in [4.78, 5) is 11.5. The van der Waals surface area contributed by atoms with Gasteiger partial charge in [0.05, 0.1) is 13.0 Å². The molecule has 0 amide bonds. The number of halogens is 3. The third kappa shape index (κ3) is 5.95. The van der Waals surface area contributed by atoms with E-state index in [-0.39, 0.29) is 25.2 Å². The molecule has 0 heterocycles. The predicted molar refractivity (Wildman–Crippen MR) is 67.4 cm³/mol. The summed E-state index contributed by atoms with van der Waals surface area (Å²) in [6.45, 7) is 1.82. The van der Waals surface area contributed by atoms with E-state index in [1.807, 2.05) is 0 Å². The summed E-state index contributed by atoms with van der Waals surface area (Å²) in [5.41, 5.74) is 0.502. The van der Waals surface area contributed by atoms with Crippen LogP contribution in [0.5, 0.6) is 5.75 Å². The molecule has 0 saturated carbocycles. The molecule has 0 aromatic heterocycles. The highest BCUT2D eigenvalue weighted by molar-refractivity contribution is 5.70. The van der Waals surface area contributed by atoms with E-state index in [0.29, 0.717) is 5.56 Å². The third-order valence-corrected chi connectivity index (χ3v) is 2.84. The summed E-state index contributed by atoms with van der Waals surface area (Å²) < 4.78 is 41.8. The first-order chi connectivity index (χ1) is 9.31. The Morgan fingerprint density at radius 2 is 2.10 bits per heavy atom. The number of carbonyl (C=O) groups excluding carboxylic acids is 1. The molecule has 0 unspecified atom stereocenters. The minimum absolute atomic E-state index is 0.0385. The molecule has 1 N–H and O–H groups in total. The van der Waals surface area contributed by atoms with Crippen molar-refractivity contribution in [3.63, 3.8) is 0 Å². The van der Waals surface area contributed by atoms with Crippen molar-refractivity contribution in [2.75, 3.05) is 6.61 Å². The minimum Gasteiger partial charge on any atom is -0.508 e. The van der Waals surface area contributed by atoms with Gasteiger partial charge < -0.3 is 9.84 Å². The second-order valence-electron chi connectivity index (χ2n) is 4.45.